The summed E-state index contributed by atoms with van der Waals surface area (Å²) in [7, 11) is -2.92. The number of nitrogens with one attached hydrogen (secondary N) is 2. The van der Waals surface area contributed by atoms with E-state index in [9.17, 15) is 18.0 Å². The molecule has 0 unspecified atom stereocenters. The summed E-state index contributed by atoms with van der Waals surface area (Å²) in [5, 5.41) is 5.74. The van der Waals surface area contributed by atoms with E-state index in [0.717, 1.165) is 11.3 Å². The number of carbonyl (C=O) groups excluding carboxylic acids is 2. The molecule has 3 amide bonds. The van der Waals surface area contributed by atoms with E-state index < -0.39 is 9.84 Å². The van der Waals surface area contributed by atoms with Gasteiger partial charge in [0.1, 0.15) is 0 Å². The second-order valence-electron chi connectivity index (χ2n) is 7.63. The minimum atomic E-state index is -2.92. The molecule has 0 aromatic heterocycles. The maximum Gasteiger partial charge on any atom is 0.317 e. The van der Waals surface area contributed by atoms with Gasteiger partial charge in [0.2, 0.25) is 5.91 Å². The molecule has 9 heteroatoms. The molecule has 0 aliphatic carbocycles. The SMILES string of the molecule is Cc1ccc(NC(=O)CN2CCN(C(=O)NC[C@H]3CCS(=O)(=O)C3)CC2)cc1. The van der Waals surface area contributed by atoms with Gasteiger partial charge >= 0.3 is 6.03 Å². The van der Waals surface area contributed by atoms with E-state index in [1.54, 1.807) is 4.90 Å². The van der Waals surface area contributed by atoms with Crippen LogP contribution in [-0.2, 0) is 14.6 Å². The number of hydrogen-bond donors (Lipinski definition) is 2. The predicted octanol–water partition coefficient (Wildman–Crippen LogP) is 0.695. The highest BCUT2D eigenvalue weighted by Crippen LogP contribution is 2.17. The lowest BCUT2D eigenvalue weighted by Gasteiger charge is -2.34. The number of piperazine rings is 1. The normalized spacial score (nSPS) is 22.0. The average Bonchev–Trinajstić information content (AvgIpc) is 3.01. The second kappa shape index (κ2) is 8.91. The fraction of sp³-hybridized carbons (Fsp3) is 0.579. The van der Waals surface area contributed by atoms with Crippen molar-refractivity contribution in [1.82, 2.24) is 15.1 Å². The number of benzene rings is 1. The topological polar surface area (TPSA) is 98.8 Å². The molecule has 0 radical (unpaired) electrons. The van der Waals surface area contributed by atoms with Gasteiger partial charge in [-0.15, -0.1) is 0 Å². The van der Waals surface area contributed by atoms with Gasteiger partial charge in [-0.25, -0.2) is 13.2 Å². The van der Waals surface area contributed by atoms with Crippen LogP contribution < -0.4 is 10.6 Å². The van der Waals surface area contributed by atoms with Crippen LogP contribution in [0.2, 0.25) is 0 Å². The Morgan fingerprint density at radius 3 is 2.39 bits per heavy atom. The van der Waals surface area contributed by atoms with Crippen LogP contribution in [0.1, 0.15) is 12.0 Å². The van der Waals surface area contributed by atoms with Gasteiger partial charge in [-0.3, -0.25) is 9.69 Å². The van der Waals surface area contributed by atoms with Crippen LogP contribution in [0, 0.1) is 12.8 Å². The quantitative estimate of drug-likeness (QED) is 0.747. The summed E-state index contributed by atoms with van der Waals surface area (Å²) in [5.74, 6) is 0.332. The highest BCUT2D eigenvalue weighted by atomic mass is 32.2. The molecule has 0 spiro atoms. The molecule has 3 rings (SSSR count). The highest BCUT2D eigenvalue weighted by Gasteiger charge is 2.29. The Hall–Kier alpha value is -2.13. The van der Waals surface area contributed by atoms with Crippen molar-refractivity contribution in [1.29, 1.82) is 0 Å². The molecule has 0 saturated carbocycles. The Kier molecular flexibility index (Phi) is 6.56. The molecule has 2 aliphatic rings. The van der Waals surface area contributed by atoms with Crippen LogP contribution in [0.4, 0.5) is 10.5 Å². The van der Waals surface area contributed by atoms with E-state index in [2.05, 4.69) is 10.6 Å². The van der Waals surface area contributed by atoms with Crippen LogP contribution in [0.25, 0.3) is 0 Å². The number of sulfone groups is 1. The third kappa shape index (κ3) is 5.93. The zero-order chi connectivity index (χ0) is 20.1. The first-order valence-electron chi connectivity index (χ1n) is 9.63. The molecule has 8 nitrogen and oxygen atoms in total. The minimum Gasteiger partial charge on any atom is -0.338 e. The Bertz CT molecular complexity index is 802. The van der Waals surface area contributed by atoms with Crippen molar-refractivity contribution >= 4 is 27.5 Å². The number of aryl methyl sites for hydroxylation is 1. The zero-order valence-electron chi connectivity index (χ0n) is 16.2. The largest absolute Gasteiger partial charge is 0.338 e. The number of carbonyl (C=O) groups is 2. The van der Waals surface area contributed by atoms with E-state index >= 15 is 0 Å². The summed E-state index contributed by atoms with van der Waals surface area (Å²) in [4.78, 5) is 28.2. The lowest BCUT2D eigenvalue weighted by molar-refractivity contribution is -0.117. The smallest absolute Gasteiger partial charge is 0.317 e. The molecule has 0 bridgehead atoms. The predicted molar refractivity (Wildman–Crippen MR) is 108 cm³/mol. The molecule has 2 N–H and O–H groups in total. The fourth-order valence-electron chi connectivity index (χ4n) is 3.53. The lowest BCUT2D eigenvalue weighted by atomic mass is 10.1. The molecular formula is C19H28N4O4S. The summed E-state index contributed by atoms with van der Waals surface area (Å²) in [6.07, 6.45) is 0.618. The summed E-state index contributed by atoms with van der Waals surface area (Å²) < 4.78 is 23.0. The van der Waals surface area contributed by atoms with Crippen LogP contribution in [0.15, 0.2) is 24.3 Å². The van der Waals surface area contributed by atoms with Gasteiger partial charge in [-0.05, 0) is 31.4 Å². The van der Waals surface area contributed by atoms with Gasteiger partial charge in [0, 0.05) is 38.4 Å². The van der Waals surface area contributed by atoms with Crippen molar-refractivity contribution in [3.05, 3.63) is 29.8 Å². The van der Waals surface area contributed by atoms with Crippen molar-refractivity contribution in [3.8, 4) is 0 Å². The first kappa shape index (κ1) is 20.6. The van der Waals surface area contributed by atoms with Crippen molar-refractivity contribution in [2.45, 2.75) is 13.3 Å². The van der Waals surface area contributed by atoms with Crippen LogP contribution >= 0.6 is 0 Å². The number of nitrogens with zero attached hydrogens (tertiary/aromatic N) is 2. The Morgan fingerprint density at radius 1 is 1.11 bits per heavy atom. The molecule has 154 valence electrons. The molecule has 1 aromatic rings. The van der Waals surface area contributed by atoms with Crippen LogP contribution in [-0.4, -0.2) is 80.9 Å². The van der Waals surface area contributed by atoms with Crippen molar-refractivity contribution < 1.29 is 18.0 Å². The first-order valence-corrected chi connectivity index (χ1v) is 11.4. The fourth-order valence-corrected chi connectivity index (χ4v) is 5.39. The summed E-state index contributed by atoms with van der Waals surface area (Å²) in [5.41, 5.74) is 1.92. The number of hydrogen-bond acceptors (Lipinski definition) is 5. The Morgan fingerprint density at radius 2 is 1.79 bits per heavy atom. The maximum atomic E-state index is 12.3. The minimum absolute atomic E-state index is 0.0145. The monoisotopic (exact) mass is 408 g/mol. The molecular weight excluding hydrogens is 380 g/mol. The van der Waals surface area contributed by atoms with E-state index in [-0.39, 0.29) is 29.4 Å². The standard InChI is InChI=1S/C19H28N4O4S/c1-15-2-4-17(5-3-15)21-18(24)13-22-7-9-23(10-8-22)19(25)20-12-16-6-11-28(26,27)14-16/h2-5,16H,6-14H2,1H3,(H,20,25)(H,21,24)/t16-/m1/s1. The average molecular weight is 409 g/mol. The lowest BCUT2D eigenvalue weighted by Crippen LogP contribution is -2.53. The number of urea groups is 1. The molecule has 2 saturated heterocycles. The molecule has 28 heavy (non-hydrogen) atoms. The highest BCUT2D eigenvalue weighted by molar-refractivity contribution is 7.91. The molecule has 1 atom stereocenters. The van der Waals surface area contributed by atoms with Gasteiger partial charge in [0.25, 0.3) is 0 Å². The van der Waals surface area contributed by atoms with Crippen molar-refractivity contribution in [3.63, 3.8) is 0 Å². The van der Waals surface area contributed by atoms with Crippen LogP contribution in [0.3, 0.4) is 0 Å². The van der Waals surface area contributed by atoms with E-state index in [1.165, 1.54) is 0 Å². The molecule has 2 heterocycles. The van der Waals surface area contributed by atoms with E-state index in [4.69, 9.17) is 0 Å². The van der Waals surface area contributed by atoms with Crippen LogP contribution in [0.5, 0.6) is 0 Å². The number of anilines is 1. The summed E-state index contributed by atoms with van der Waals surface area (Å²) in [6, 6.07) is 7.51. The third-order valence-corrected chi connectivity index (χ3v) is 7.07. The number of amides is 3. The number of rotatable bonds is 5. The van der Waals surface area contributed by atoms with Gasteiger partial charge in [0.15, 0.2) is 9.84 Å². The van der Waals surface area contributed by atoms with Gasteiger partial charge in [-0.2, -0.15) is 0 Å². The molecule has 2 fully saturated rings. The first-order chi connectivity index (χ1) is 13.3. The third-order valence-electron chi connectivity index (χ3n) is 5.23. The summed E-state index contributed by atoms with van der Waals surface area (Å²) in [6.45, 7) is 5.05. The van der Waals surface area contributed by atoms with Crippen molar-refractivity contribution in [2.75, 3.05) is 56.1 Å². The summed E-state index contributed by atoms with van der Waals surface area (Å²) >= 11 is 0. The maximum absolute atomic E-state index is 12.3. The van der Waals surface area contributed by atoms with Gasteiger partial charge in [0.05, 0.1) is 18.1 Å². The zero-order valence-corrected chi connectivity index (χ0v) is 17.0. The van der Waals surface area contributed by atoms with Gasteiger partial charge < -0.3 is 15.5 Å². The van der Waals surface area contributed by atoms with E-state index in [0.29, 0.717) is 45.7 Å². The Labute approximate surface area is 166 Å². The molecule has 1 aromatic carbocycles. The van der Waals surface area contributed by atoms with Crippen molar-refractivity contribution in [2.24, 2.45) is 5.92 Å². The molecule has 2 aliphatic heterocycles. The Balaban J connectivity index is 1.36. The van der Waals surface area contributed by atoms with E-state index in [1.807, 2.05) is 36.1 Å². The second-order valence-corrected chi connectivity index (χ2v) is 9.86. The van der Waals surface area contributed by atoms with Gasteiger partial charge in [-0.1, -0.05) is 17.7 Å².